The van der Waals surface area contributed by atoms with Crippen molar-refractivity contribution in [1.29, 1.82) is 0 Å². The number of hydrogen-bond acceptors (Lipinski definition) is 4. The molecule has 98 valence electrons. The van der Waals surface area contributed by atoms with Gasteiger partial charge in [0.1, 0.15) is 6.10 Å². The summed E-state index contributed by atoms with van der Waals surface area (Å²) in [6.45, 7) is 1.20. The summed E-state index contributed by atoms with van der Waals surface area (Å²) < 4.78 is 0. The van der Waals surface area contributed by atoms with Crippen LogP contribution in [-0.2, 0) is 4.79 Å². The van der Waals surface area contributed by atoms with Crippen LogP contribution in [0.3, 0.4) is 0 Å². The smallest absolute Gasteiger partial charge is 0.335 e. The van der Waals surface area contributed by atoms with Crippen molar-refractivity contribution in [3.8, 4) is 0 Å². The molecule has 1 aromatic carbocycles. The molecule has 0 fully saturated rings. The monoisotopic (exact) mass is 256 g/mol. The number of aromatic carboxylic acids is 2. The molecule has 1 atom stereocenters. The number of benzene rings is 1. The van der Waals surface area contributed by atoms with Gasteiger partial charge in [0.2, 0.25) is 0 Å². The van der Waals surface area contributed by atoms with Crippen LogP contribution in [0.15, 0.2) is 24.3 Å². The van der Waals surface area contributed by atoms with E-state index in [2.05, 4.69) is 0 Å². The van der Waals surface area contributed by atoms with Crippen LogP contribution in [0, 0.1) is 0 Å². The zero-order valence-corrected chi connectivity index (χ0v) is 9.40. The fourth-order valence-corrected chi connectivity index (χ4v) is 0.785. The third kappa shape index (κ3) is 5.61. The summed E-state index contributed by atoms with van der Waals surface area (Å²) in [5, 5.41) is 32.8. The minimum atomic E-state index is -1.23. The van der Waals surface area contributed by atoms with E-state index >= 15 is 0 Å². The van der Waals surface area contributed by atoms with Crippen LogP contribution in [0.25, 0.3) is 0 Å². The van der Waals surface area contributed by atoms with Crippen molar-refractivity contribution < 1.29 is 34.8 Å². The Morgan fingerprint density at radius 1 is 1.00 bits per heavy atom. The van der Waals surface area contributed by atoms with Crippen molar-refractivity contribution in [1.82, 2.24) is 0 Å². The van der Waals surface area contributed by atoms with Gasteiger partial charge in [-0.15, -0.1) is 0 Å². The van der Waals surface area contributed by atoms with Crippen LogP contribution in [0.5, 0.6) is 0 Å². The quantitative estimate of drug-likeness (QED) is 0.620. The lowest BCUT2D eigenvalue weighted by Crippen LogP contribution is -2.13. The molecule has 4 N–H and O–H groups in total. The highest BCUT2D eigenvalue weighted by atomic mass is 16.4. The molecule has 0 aliphatic heterocycles. The van der Waals surface area contributed by atoms with E-state index in [0.717, 1.165) is 6.07 Å². The topological polar surface area (TPSA) is 132 Å². The first-order valence-corrected chi connectivity index (χ1v) is 4.73. The molecule has 7 heteroatoms. The van der Waals surface area contributed by atoms with Crippen LogP contribution in [0.1, 0.15) is 27.6 Å². The van der Waals surface area contributed by atoms with Gasteiger partial charge in [0.05, 0.1) is 11.1 Å². The second-order valence-electron chi connectivity index (χ2n) is 3.21. The van der Waals surface area contributed by atoms with Gasteiger partial charge in [-0.3, -0.25) is 0 Å². The second kappa shape index (κ2) is 7.02. The number of aliphatic carboxylic acids is 1. The van der Waals surface area contributed by atoms with Crippen molar-refractivity contribution in [3.63, 3.8) is 0 Å². The van der Waals surface area contributed by atoms with Gasteiger partial charge in [0.15, 0.2) is 0 Å². The second-order valence-corrected chi connectivity index (χ2v) is 3.21. The van der Waals surface area contributed by atoms with Gasteiger partial charge in [-0.2, -0.15) is 0 Å². The molecule has 1 unspecified atom stereocenters. The Bertz CT molecular complexity index is 421. The largest absolute Gasteiger partial charge is 0.479 e. The number of carbonyl (C=O) groups is 3. The van der Waals surface area contributed by atoms with Crippen LogP contribution in [0.4, 0.5) is 0 Å². The molecule has 18 heavy (non-hydrogen) atoms. The molecule has 1 aromatic rings. The molecule has 0 amide bonds. The molecule has 7 nitrogen and oxygen atoms in total. The SMILES string of the molecule is CC(O)C(=O)O.O=C(O)c1cccc(C(=O)O)c1. The third-order valence-corrected chi connectivity index (χ3v) is 1.71. The fraction of sp³-hybridized carbons (Fsp3) is 0.182. The van der Waals surface area contributed by atoms with Gasteiger partial charge in [-0.05, 0) is 25.1 Å². The van der Waals surface area contributed by atoms with Crippen LogP contribution in [0.2, 0.25) is 0 Å². The first-order valence-electron chi connectivity index (χ1n) is 4.73. The maximum absolute atomic E-state index is 10.4. The molecule has 0 radical (unpaired) electrons. The van der Waals surface area contributed by atoms with E-state index in [-0.39, 0.29) is 11.1 Å². The molecular weight excluding hydrogens is 244 g/mol. The van der Waals surface area contributed by atoms with E-state index in [9.17, 15) is 14.4 Å². The Morgan fingerprint density at radius 3 is 1.56 bits per heavy atom. The molecule has 0 saturated carbocycles. The molecule has 0 saturated heterocycles. The number of carboxylic acid groups (broad SMARTS) is 3. The molecule has 0 heterocycles. The lowest BCUT2D eigenvalue weighted by molar-refractivity contribution is -0.145. The number of aliphatic hydroxyl groups is 1. The van der Waals surface area contributed by atoms with E-state index in [1.54, 1.807) is 0 Å². The number of rotatable bonds is 3. The van der Waals surface area contributed by atoms with Gasteiger partial charge in [-0.1, -0.05) is 6.07 Å². The molecule has 0 aromatic heterocycles. The molecular formula is C11H12O7. The minimum absolute atomic E-state index is 0.0186. The zero-order chi connectivity index (χ0) is 14.3. The summed E-state index contributed by atoms with van der Waals surface area (Å²) in [4.78, 5) is 30.2. The summed E-state index contributed by atoms with van der Waals surface area (Å²) >= 11 is 0. The first-order chi connectivity index (χ1) is 8.25. The summed E-state index contributed by atoms with van der Waals surface area (Å²) in [6, 6.07) is 5.20. The Hall–Kier alpha value is -2.41. The van der Waals surface area contributed by atoms with Crippen LogP contribution < -0.4 is 0 Å². The van der Waals surface area contributed by atoms with Gasteiger partial charge < -0.3 is 20.4 Å². The predicted octanol–water partition coefficient (Wildman–Crippen LogP) is 0.535. The maximum Gasteiger partial charge on any atom is 0.335 e. The van der Waals surface area contributed by atoms with E-state index in [4.69, 9.17) is 20.4 Å². The normalized spacial score (nSPS) is 10.8. The highest BCUT2D eigenvalue weighted by molar-refractivity contribution is 5.93. The molecule has 0 spiro atoms. The molecule has 0 bridgehead atoms. The van der Waals surface area contributed by atoms with Crippen molar-refractivity contribution >= 4 is 17.9 Å². The van der Waals surface area contributed by atoms with E-state index in [1.165, 1.54) is 25.1 Å². The van der Waals surface area contributed by atoms with E-state index in [0.29, 0.717) is 0 Å². The lowest BCUT2D eigenvalue weighted by Gasteiger charge is -1.95. The Kier molecular flexibility index (Phi) is 6.08. The average molecular weight is 256 g/mol. The third-order valence-electron chi connectivity index (χ3n) is 1.71. The van der Waals surface area contributed by atoms with Crippen molar-refractivity contribution in [2.75, 3.05) is 0 Å². The molecule has 1 rings (SSSR count). The Balaban J connectivity index is 0.000000411. The average Bonchev–Trinajstić information content (AvgIpc) is 2.29. The number of hydrogen-bond donors (Lipinski definition) is 4. The zero-order valence-electron chi connectivity index (χ0n) is 9.40. The van der Waals surface area contributed by atoms with Crippen molar-refractivity contribution in [3.05, 3.63) is 35.4 Å². The molecule has 0 aliphatic rings. The number of carboxylic acids is 3. The summed E-state index contributed by atoms with van der Waals surface area (Å²) in [6.07, 6.45) is -1.23. The van der Waals surface area contributed by atoms with Crippen molar-refractivity contribution in [2.45, 2.75) is 13.0 Å². The summed E-state index contributed by atoms with van der Waals surface area (Å²) in [7, 11) is 0. The standard InChI is InChI=1S/C8H6O4.C3H6O3/c9-7(10)5-2-1-3-6(4-5)8(11)12;1-2(4)3(5)6/h1-4H,(H,9,10)(H,11,12);2,4H,1H3,(H,5,6). The number of aliphatic hydroxyl groups excluding tert-OH is 1. The maximum atomic E-state index is 10.4. The van der Waals surface area contributed by atoms with Gasteiger partial charge in [0, 0.05) is 0 Å². The first kappa shape index (κ1) is 15.6. The lowest BCUT2D eigenvalue weighted by atomic mass is 10.1. The Labute approximate surface area is 102 Å². The van der Waals surface area contributed by atoms with E-state index in [1.807, 2.05) is 0 Å². The Morgan fingerprint density at radius 2 is 1.33 bits per heavy atom. The van der Waals surface area contributed by atoms with Gasteiger partial charge >= 0.3 is 17.9 Å². The molecule has 0 aliphatic carbocycles. The fourth-order valence-electron chi connectivity index (χ4n) is 0.785. The summed E-state index contributed by atoms with van der Waals surface area (Å²) in [5.74, 6) is -3.44. The highest BCUT2D eigenvalue weighted by Crippen LogP contribution is 2.04. The van der Waals surface area contributed by atoms with Gasteiger partial charge in [-0.25, -0.2) is 14.4 Å². The van der Waals surface area contributed by atoms with Crippen LogP contribution in [-0.4, -0.2) is 44.4 Å². The van der Waals surface area contributed by atoms with Crippen molar-refractivity contribution in [2.24, 2.45) is 0 Å². The van der Waals surface area contributed by atoms with Crippen LogP contribution >= 0.6 is 0 Å². The minimum Gasteiger partial charge on any atom is -0.479 e. The predicted molar refractivity (Wildman–Crippen MR) is 59.7 cm³/mol. The summed E-state index contributed by atoms with van der Waals surface area (Å²) in [5.41, 5.74) is -0.0372. The van der Waals surface area contributed by atoms with E-state index < -0.39 is 24.0 Å². The van der Waals surface area contributed by atoms with Gasteiger partial charge in [0.25, 0.3) is 0 Å². The highest BCUT2D eigenvalue weighted by Gasteiger charge is 2.06.